The molecular formula is C13H15Cl2N3O. The van der Waals surface area contributed by atoms with Gasteiger partial charge in [-0.1, -0.05) is 30.1 Å². The third-order valence-corrected chi connectivity index (χ3v) is 3.19. The van der Waals surface area contributed by atoms with Gasteiger partial charge >= 0.3 is 0 Å². The molecule has 2 aromatic rings. The second-order valence-electron chi connectivity index (χ2n) is 4.32. The van der Waals surface area contributed by atoms with E-state index in [1.807, 2.05) is 13.1 Å². The number of fused-ring (bicyclic) bond motifs is 1. The van der Waals surface area contributed by atoms with E-state index in [4.69, 9.17) is 23.2 Å². The van der Waals surface area contributed by atoms with Crippen LogP contribution in [-0.2, 0) is 11.2 Å². The standard InChI is InChI=1S/C13H15Cl2N3O/c1-2-3-12(19)16-5-4-10-8-18-7-9(14)6-11(15)13(18)17-10/h6-8H,2-5H2,1H3,(H,16,19). The van der Waals surface area contributed by atoms with E-state index in [1.165, 1.54) is 0 Å². The van der Waals surface area contributed by atoms with E-state index in [0.717, 1.165) is 12.1 Å². The third kappa shape index (κ3) is 3.61. The normalized spacial score (nSPS) is 10.9. The molecule has 0 atom stereocenters. The number of imidazole rings is 1. The fourth-order valence-corrected chi connectivity index (χ4v) is 2.37. The van der Waals surface area contributed by atoms with Crippen LogP contribution in [0.15, 0.2) is 18.5 Å². The number of hydrogen-bond donors (Lipinski definition) is 1. The van der Waals surface area contributed by atoms with Crippen molar-refractivity contribution < 1.29 is 4.79 Å². The molecule has 19 heavy (non-hydrogen) atoms. The Morgan fingerprint density at radius 1 is 1.42 bits per heavy atom. The Balaban J connectivity index is 2.02. The van der Waals surface area contributed by atoms with Crippen LogP contribution in [0.1, 0.15) is 25.5 Å². The van der Waals surface area contributed by atoms with E-state index in [2.05, 4.69) is 10.3 Å². The Morgan fingerprint density at radius 3 is 2.95 bits per heavy atom. The van der Waals surface area contributed by atoms with E-state index in [-0.39, 0.29) is 5.91 Å². The Kier molecular flexibility index (Phi) is 4.66. The van der Waals surface area contributed by atoms with Crippen LogP contribution in [0.5, 0.6) is 0 Å². The predicted octanol–water partition coefficient (Wildman–Crippen LogP) is 3.10. The van der Waals surface area contributed by atoms with Gasteiger partial charge in [0.05, 0.1) is 15.7 Å². The Morgan fingerprint density at radius 2 is 2.21 bits per heavy atom. The summed E-state index contributed by atoms with van der Waals surface area (Å²) in [6, 6.07) is 1.66. The fraction of sp³-hybridized carbons (Fsp3) is 0.385. The summed E-state index contributed by atoms with van der Waals surface area (Å²) in [5.74, 6) is 0.0762. The molecule has 1 amide bonds. The zero-order valence-corrected chi connectivity index (χ0v) is 12.1. The van der Waals surface area contributed by atoms with Crippen LogP contribution >= 0.6 is 23.2 Å². The van der Waals surface area contributed by atoms with Gasteiger partial charge in [0, 0.05) is 31.8 Å². The average molecular weight is 300 g/mol. The molecule has 2 heterocycles. The molecule has 0 spiro atoms. The minimum atomic E-state index is 0.0762. The highest BCUT2D eigenvalue weighted by molar-refractivity contribution is 6.36. The number of nitrogens with one attached hydrogen (secondary N) is 1. The number of aromatic nitrogens is 2. The molecule has 0 radical (unpaired) electrons. The number of hydrogen-bond acceptors (Lipinski definition) is 2. The molecule has 102 valence electrons. The molecular weight excluding hydrogens is 285 g/mol. The van der Waals surface area contributed by atoms with Crippen molar-refractivity contribution in [2.24, 2.45) is 0 Å². The van der Waals surface area contributed by atoms with E-state index in [1.54, 1.807) is 16.7 Å². The summed E-state index contributed by atoms with van der Waals surface area (Å²) in [5, 5.41) is 3.94. The highest BCUT2D eigenvalue weighted by atomic mass is 35.5. The van der Waals surface area contributed by atoms with Crippen LogP contribution in [0, 0.1) is 0 Å². The molecule has 0 aliphatic heterocycles. The fourth-order valence-electron chi connectivity index (χ4n) is 1.84. The lowest BCUT2D eigenvalue weighted by Crippen LogP contribution is -2.25. The summed E-state index contributed by atoms with van der Waals surface area (Å²) in [4.78, 5) is 15.7. The summed E-state index contributed by atoms with van der Waals surface area (Å²) in [7, 11) is 0. The Labute approximate surface area is 121 Å². The van der Waals surface area contributed by atoms with Gasteiger partial charge in [0.1, 0.15) is 0 Å². The summed E-state index contributed by atoms with van der Waals surface area (Å²) in [5.41, 5.74) is 1.56. The van der Waals surface area contributed by atoms with Crippen LogP contribution < -0.4 is 5.32 Å². The monoisotopic (exact) mass is 299 g/mol. The molecule has 0 bridgehead atoms. The van der Waals surface area contributed by atoms with Gasteiger partial charge in [-0.15, -0.1) is 0 Å². The Hall–Kier alpha value is -1.26. The van der Waals surface area contributed by atoms with Crippen molar-refractivity contribution in [2.75, 3.05) is 6.54 Å². The van der Waals surface area contributed by atoms with E-state index in [9.17, 15) is 4.79 Å². The molecule has 2 aromatic heterocycles. The van der Waals surface area contributed by atoms with Gasteiger partial charge in [0.2, 0.25) is 5.91 Å². The zero-order chi connectivity index (χ0) is 13.8. The maximum absolute atomic E-state index is 11.3. The molecule has 0 unspecified atom stereocenters. The molecule has 0 fully saturated rings. The Bertz CT molecular complexity index is 595. The topological polar surface area (TPSA) is 46.4 Å². The highest BCUT2D eigenvalue weighted by Crippen LogP contribution is 2.21. The maximum Gasteiger partial charge on any atom is 0.219 e. The SMILES string of the molecule is CCCC(=O)NCCc1cn2cc(Cl)cc(Cl)c2n1. The van der Waals surface area contributed by atoms with Gasteiger partial charge in [0.15, 0.2) is 5.65 Å². The minimum Gasteiger partial charge on any atom is -0.356 e. The van der Waals surface area contributed by atoms with E-state index in [0.29, 0.717) is 35.1 Å². The molecule has 4 nitrogen and oxygen atoms in total. The highest BCUT2D eigenvalue weighted by Gasteiger charge is 2.07. The first kappa shape index (κ1) is 14.2. The predicted molar refractivity (Wildman–Crippen MR) is 76.8 cm³/mol. The molecule has 6 heteroatoms. The van der Waals surface area contributed by atoms with Crippen molar-refractivity contribution in [2.45, 2.75) is 26.2 Å². The van der Waals surface area contributed by atoms with Crippen molar-refractivity contribution in [1.82, 2.24) is 14.7 Å². The molecule has 0 aliphatic carbocycles. The van der Waals surface area contributed by atoms with Gasteiger partial charge in [-0.2, -0.15) is 0 Å². The lowest BCUT2D eigenvalue weighted by molar-refractivity contribution is -0.121. The number of amides is 1. The first-order valence-electron chi connectivity index (χ1n) is 6.19. The summed E-state index contributed by atoms with van der Waals surface area (Å²) >= 11 is 12.0. The van der Waals surface area contributed by atoms with Crippen LogP contribution in [-0.4, -0.2) is 21.8 Å². The molecule has 0 aromatic carbocycles. The molecule has 1 N–H and O–H groups in total. The van der Waals surface area contributed by atoms with Gasteiger partial charge in [-0.05, 0) is 12.5 Å². The maximum atomic E-state index is 11.3. The molecule has 2 rings (SSSR count). The van der Waals surface area contributed by atoms with Gasteiger partial charge in [-0.3, -0.25) is 4.79 Å². The van der Waals surface area contributed by atoms with Gasteiger partial charge < -0.3 is 9.72 Å². The third-order valence-electron chi connectivity index (χ3n) is 2.70. The summed E-state index contributed by atoms with van der Waals surface area (Å²) in [6.07, 6.45) is 5.72. The quantitative estimate of drug-likeness (QED) is 0.922. The van der Waals surface area contributed by atoms with Crippen molar-refractivity contribution in [3.63, 3.8) is 0 Å². The summed E-state index contributed by atoms with van der Waals surface area (Å²) in [6.45, 7) is 2.56. The first-order chi connectivity index (χ1) is 9.10. The number of halogens is 2. The van der Waals surface area contributed by atoms with Gasteiger partial charge in [-0.25, -0.2) is 4.98 Å². The van der Waals surface area contributed by atoms with Crippen LogP contribution in [0.3, 0.4) is 0 Å². The molecule has 0 saturated carbocycles. The van der Waals surface area contributed by atoms with Gasteiger partial charge in [0.25, 0.3) is 0 Å². The van der Waals surface area contributed by atoms with Crippen molar-refractivity contribution in [3.8, 4) is 0 Å². The van der Waals surface area contributed by atoms with E-state index >= 15 is 0 Å². The van der Waals surface area contributed by atoms with Crippen LogP contribution in [0.25, 0.3) is 5.65 Å². The van der Waals surface area contributed by atoms with Crippen LogP contribution in [0.2, 0.25) is 10.0 Å². The zero-order valence-electron chi connectivity index (χ0n) is 10.6. The second-order valence-corrected chi connectivity index (χ2v) is 5.16. The van der Waals surface area contributed by atoms with Crippen molar-refractivity contribution in [3.05, 3.63) is 34.2 Å². The minimum absolute atomic E-state index is 0.0762. The number of carbonyl (C=O) groups is 1. The lowest BCUT2D eigenvalue weighted by Gasteiger charge is -2.01. The summed E-state index contributed by atoms with van der Waals surface area (Å²) < 4.78 is 1.80. The second kappa shape index (κ2) is 6.26. The van der Waals surface area contributed by atoms with Crippen molar-refractivity contribution >= 4 is 34.8 Å². The largest absolute Gasteiger partial charge is 0.356 e. The lowest BCUT2D eigenvalue weighted by atomic mass is 10.3. The molecule has 0 aliphatic rings. The first-order valence-corrected chi connectivity index (χ1v) is 6.95. The average Bonchev–Trinajstić information content (AvgIpc) is 2.72. The number of rotatable bonds is 5. The molecule has 0 saturated heterocycles. The smallest absolute Gasteiger partial charge is 0.219 e. The van der Waals surface area contributed by atoms with E-state index < -0.39 is 0 Å². The number of carbonyl (C=O) groups excluding carboxylic acids is 1. The van der Waals surface area contributed by atoms with Crippen LogP contribution in [0.4, 0.5) is 0 Å². The number of nitrogens with zero attached hydrogens (tertiary/aromatic N) is 2. The number of pyridine rings is 1. The van der Waals surface area contributed by atoms with Crippen molar-refractivity contribution in [1.29, 1.82) is 0 Å².